The average Bonchev–Trinajstić information content (AvgIpc) is 2.80. The molecule has 6 nitrogen and oxygen atoms in total. The van der Waals surface area contributed by atoms with Crippen molar-refractivity contribution < 1.29 is 4.92 Å². The number of rotatable bonds is 3. The van der Waals surface area contributed by atoms with Gasteiger partial charge >= 0.3 is 5.69 Å². The Morgan fingerprint density at radius 3 is 2.76 bits per heavy atom. The molecule has 0 N–H and O–H groups in total. The van der Waals surface area contributed by atoms with Gasteiger partial charge in [0, 0.05) is 13.1 Å². The Morgan fingerprint density at radius 2 is 2.18 bits per heavy atom. The maximum atomic E-state index is 10.9. The third-order valence-corrected chi connectivity index (χ3v) is 3.14. The van der Waals surface area contributed by atoms with Gasteiger partial charge in [-0.1, -0.05) is 12.8 Å². The number of nitro groups is 1. The second kappa shape index (κ2) is 4.83. The summed E-state index contributed by atoms with van der Waals surface area (Å²) in [7, 11) is 3.85. The second-order valence-corrected chi connectivity index (χ2v) is 4.35. The number of nitrogens with zero attached hydrogens (tertiary/aromatic N) is 4. The number of hydrogen-bond acceptors (Lipinski definition) is 5. The van der Waals surface area contributed by atoms with Crippen LogP contribution >= 0.6 is 11.6 Å². The molecule has 0 saturated heterocycles. The number of aromatic nitrogens is 2. The summed E-state index contributed by atoms with van der Waals surface area (Å²) in [4.78, 5) is 19.5. The first-order valence-corrected chi connectivity index (χ1v) is 5.74. The highest BCUT2D eigenvalue weighted by atomic mass is 35.5. The lowest BCUT2D eigenvalue weighted by Gasteiger charge is -2.24. The molecule has 0 atom stereocenters. The van der Waals surface area contributed by atoms with E-state index in [2.05, 4.69) is 17.0 Å². The van der Waals surface area contributed by atoms with Crippen LogP contribution in [-0.2, 0) is 0 Å². The molecule has 91 valence electrons. The molecule has 2 rings (SSSR count). The quantitative estimate of drug-likeness (QED) is 0.472. The van der Waals surface area contributed by atoms with Crippen molar-refractivity contribution in [1.82, 2.24) is 9.97 Å². The van der Waals surface area contributed by atoms with Crippen molar-refractivity contribution in [3.8, 4) is 0 Å². The fraction of sp³-hybridized carbons (Fsp3) is 0.500. The Kier molecular flexibility index (Phi) is 3.42. The van der Waals surface area contributed by atoms with Crippen LogP contribution in [-0.4, -0.2) is 20.9 Å². The third kappa shape index (κ3) is 2.46. The zero-order chi connectivity index (χ0) is 12.4. The first-order chi connectivity index (χ1) is 8.09. The van der Waals surface area contributed by atoms with E-state index in [1.165, 1.54) is 0 Å². The molecular weight excluding hydrogens is 244 g/mol. The van der Waals surface area contributed by atoms with E-state index in [0.717, 1.165) is 31.9 Å². The zero-order valence-electron chi connectivity index (χ0n) is 9.17. The lowest BCUT2D eigenvalue weighted by molar-refractivity contribution is -0.384. The summed E-state index contributed by atoms with van der Waals surface area (Å²) in [6, 6.07) is 0.194. The van der Waals surface area contributed by atoms with Crippen LogP contribution in [0.1, 0.15) is 25.7 Å². The van der Waals surface area contributed by atoms with Crippen LogP contribution in [0.3, 0.4) is 0 Å². The molecule has 1 aliphatic carbocycles. The van der Waals surface area contributed by atoms with Crippen molar-refractivity contribution in [1.29, 1.82) is 0 Å². The molecule has 17 heavy (non-hydrogen) atoms. The van der Waals surface area contributed by atoms with Crippen LogP contribution in [0.25, 0.3) is 0 Å². The van der Waals surface area contributed by atoms with E-state index in [-0.39, 0.29) is 22.8 Å². The van der Waals surface area contributed by atoms with E-state index in [4.69, 9.17) is 11.6 Å². The minimum atomic E-state index is -0.515. The zero-order valence-corrected chi connectivity index (χ0v) is 9.93. The molecule has 1 aliphatic rings. The maximum Gasteiger partial charge on any atom is 0.329 e. The summed E-state index contributed by atoms with van der Waals surface area (Å²) in [5.41, 5.74) is -0.156. The summed E-state index contributed by atoms with van der Waals surface area (Å²) in [5.74, 6) is 0.196. The van der Waals surface area contributed by atoms with Crippen molar-refractivity contribution in [2.24, 2.45) is 0 Å². The van der Waals surface area contributed by atoms with Crippen molar-refractivity contribution in [3.05, 3.63) is 28.6 Å². The van der Waals surface area contributed by atoms with Gasteiger partial charge in [0.2, 0.25) is 11.1 Å². The van der Waals surface area contributed by atoms with Crippen LogP contribution in [0.5, 0.6) is 0 Å². The van der Waals surface area contributed by atoms with Crippen molar-refractivity contribution in [2.45, 2.75) is 31.7 Å². The average molecular weight is 256 g/mol. The molecule has 1 heterocycles. The second-order valence-electron chi connectivity index (χ2n) is 4.01. The molecule has 1 saturated carbocycles. The van der Waals surface area contributed by atoms with Crippen molar-refractivity contribution >= 4 is 23.1 Å². The molecule has 1 fully saturated rings. The highest BCUT2D eigenvalue weighted by Gasteiger charge is 2.27. The Labute approximate surface area is 104 Å². The summed E-state index contributed by atoms with van der Waals surface area (Å²) >= 11 is 5.67. The minimum absolute atomic E-state index is 0.00255. The van der Waals surface area contributed by atoms with Gasteiger partial charge in [0.05, 0.1) is 4.92 Å². The standard InChI is InChI=1S/C10H12ClN4O2/c1-14(7-4-2-3-5-7)9-8(15(16)17)6-12-10(11)13-9/h6-7H,1-5H2. The van der Waals surface area contributed by atoms with Gasteiger partial charge in [-0.15, -0.1) is 0 Å². The molecule has 0 aromatic carbocycles. The Bertz CT molecular complexity index is 434. The van der Waals surface area contributed by atoms with E-state index in [1.54, 1.807) is 4.90 Å². The van der Waals surface area contributed by atoms with Crippen molar-refractivity contribution in [3.63, 3.8) is 0 Å². The van der Waals surface area contributed by atoms with Crippen LogP contribution in [0, 0.1) is 17.2 Å². The van der Waals surface area contributed by atoms with Gasteiger partial charge in [-0.05, 0) is 24.4 Å². The molecule has 0 bridgehead atoms. The number of hydrogen-bond donors (Lipinski definition) is 0. The van der Waals surface area contributed by atoms with E-state index in [9.17, 15) is 10.1 Å². The Morgan fingerprint density at radius 1 is 1.53 bits per heavy atom. The van der Waals surface area contributed by atoms with Crippen LogP contribution in [0.4, 0.5) is 11.5 Å². The fourth-order valence-electron chi connectivity index (χ4n) is 2.07. The van der Waals surface area contributed by atoms with E-state index >= 15 is 0 Å². The summed E-state index contributed by atoms with van der Waals surface area (Å²) in [5, 5.41) is 10.9. The van der Waals surface area contributed by atoms with Gasteiger partial charge in [-0.3, -0.25) is 10.1 Å². The molecule has 0 unspecified atom stereocenters. The topological polar surface area (TPSA) is 72.2 Å². The predicted octanol–water partition coefficient (Wildman–Crippen LogP) is 2.58. The molecule has 0 amide bonds. The smallest absolute Gasteiger partial charge is 0.329 e. The van der Waals surface area contributed by atoms with E-state index in [1.807, 2.05) is 0 Å². The predicted molar refractivity (Wildman–Crippen MR) is 63.8 cm³/mol. The SMILES string of the molecule is [CH2]N(c1nc(Cl)ncc1[N+](=O)[O-])C1CCCC1. The molecule has 1 radical (unpaired) electrons. The first kappa shape index (κ1) is 12.0. The van der Waals surface area contributed by atoms with Crippen molar-refractivity contribution in [2.75, 3.05) is 4.90 Å². The molecule has 1 aromatic rings. The van der Waals surface area contributed by atoms with Gasteiger partial charge in [0.1, 0.15) is 6.20 Å². The summed E-state index contributed by atoms with van der Waals surface area (Å²) in [6.07, 6.45) is 5.30. The van der Waals surface area contributed by atoms with Crippen LogP contribution < -0.4 is 4.90 Å². The monoisotopic (exact) mass is 255 g/mol. The van der Waals surface area contributed by atoms with Gasteiger partial charge in [-0.2, -0.15) is 4.98 Å². The van der Waals surface area contributed by atoms with E-state index in [0.29, 0.717) is 0 Å². The summed E-state index contributed by atoms with van der Waals surface area (Å²) in [6.45, 7) is 0. The Hall–Kier alpha value is -1.43. The molecule has 0 spiro atoms. The van der Waals surface area contributed by atoms with Gasteiger partial charge in [-0.25, -0.2) is 4.98 Å². The molecule has 1 aromatic heterocycles. The molecule has 7 heteroatoms. The molecular formula is C10H12ClN4O2. The summed E-state index contributed by atoms with van der Waals surface area (Å²) < 4.78 is 0. The number of halogens is 1. The largest absolute Gasteiger partial charge is 0.346 e. The minimum Gasteiger partial charge on any atom is -0.346 e. The normalized spacial score (nSPS) is 16.1. The lowest BCUT2D eigenvalue weighted by atomic mass is 10.2. The highest BCUT2D eigenvalue weighted by molar-refractivity contribution is 6.28. The molecule has 0 aliphatic heterocycles. The van der Waals surface area contributed by atoms with Gasteiger partial charge < -0.3 is 4.90 Å². The first-order valence-electron chi connectivity index (χ1n) is 5.36. The van der Waals surface area contributed by atoms with Gasteiger partial charge in [0.25, 0.3) is 0 Å². The number of anilines is 1. The van der Waals surface area contributed by atoms with Gasteiger partial charge in [0.15, 0.2) is 0 Å². The fourth-order valence-corrected chi connectivity index (χ4v) is 2.20. The Balaban J connectivity index is 2.34. The maximum absolute atomic E-state index is 10.9. The third-order valence-electron chi connectivity index (χ3n) is 2.95. The van der Waals surface area contributed by atoms with E-state index < -0.39 is 4.92 Å². The highest BCUT2D eigenvalue weighted by Crippen LogP contribution is 2.32. The van der Waals surface area contributed by atoms with Crippen LogP contribution in [0.2, 0.25) is 5.28 Å². The lowest BCUT2D eigenvalue weighted by Crippen LogP contribution is -2.28. The van der Waals surface area contributed by atoms with Crippen LogP contribution in [0.15, 0.2) is 6.20 Å².